The first-order valence-electron chi connectivity index (χ1n) is 8.23. The van der Waals surface area contributed by atoms with E-state index in [1.54, 1.807) is 0 Å². The van der Waals surface area contributed by atoms with Gasteiger partial charge in [0.05, 0.1) is 0 Å². The SMILES string of the molecule is NC1(C(=O)Nc2cccc(CN3CCSCC3)c2)CCOCC1. The minimum Gasteiger partial charge on any atom is -0.381 e. The second kappa shape index (κ2) is 7.66. The Bertz CT molecular complexity index is 540. The number of nitrogens with zero attached hydrogens (tertiary/aromatic N) is 1. The lowest BCUT2D eigenvalue weighted by molar-refractivity contribution is -0.124. The molecule has 0 atom stereocenters. The Kier molecular flexibility index (Phi) is 5.58. The van der Waals surface area contributed by atoms with E-state index in [4.69, 9.17) is 10.5 Å². The van der Waals surface area contributed by atoms with Crippen LogP contribution in [-0.2, 0) is 16.1 Å². The molecule has 2 saturated heterocycles. The van der Waals surface area contributed by atoms with Crippen LogP contribution in [0.25, 0.3) is 0 Å². The summed E-state index contributed by atoms with van der Waals surface area (Å²) >= 11 is 2.01. The molecule has 0 spiro atoms. The van der Waals surface area contributed by atoms with Crippen molar-refractivity contribution >= 4 is 23.4 Å². The highest BCUT2D eigenvalue weighted by molar-refractivity contribution is 7.99. The maximum Gasteiger partial charge on any atom is 0.244 e. The minimum absolute atomic E-state index is 0.104. The molecule has 2 fully saturated rings. The van der Waals surface area contributed by atoms with Crippen LogP contribution in [0.4, 0.5) is 5.69 Å². The zero-order valence-electron chi connectivity index (χ0n) is 13.4. The van der Waals surface area contributed by atoms with E-state index in [9.17, 15) is 4.79 Å². The summed E-state index contributed by atoms with van der Waals surface area (Å²) in [6, 6.07) is 8.10. The molecule has 1 amide bonds. The lowest BCUT2D eigenvalue weighted by atomic mass is 9.90. The number of amides is 1. The van der Waals surface area contributed by atoms with Crippen molar-refractivity contribution in [1.82, 2.24) is 4.90 Å². The van der Waals surface area contributed by atoms with Gasteiger partial charge in [-0.25, -0.2) is 0 Å². The third-order valence-electron chi connectivity index (χ3n) is 4.53. The van der Waals surface area contributed by atoms with Crippen LogP contribution < -0.4 is 11.1 Å². The molecule has 0 aromatic heterocycles. The largest absolute Gasteiger partial charge is 0.381 e. The van der Waals surface area contributed by atoms with E-state index in [2.05, 4.69) is 22.3 Å². The third-order valence-corrected chi connectivity index (χ3v) is 5.47. The molecule has 3 N–H and O–H groups in total. The molecule has 3 rings (SSSR count). The Morgan fingerprint density at radius 1 is 1.30 bits per heavy atom. The molecule has 5 nitrogen and oxygen atoms in total. The highest BCUT2D eigenvalue weighted by Gasteiger charge is 2.35. The molecule has 1 aromatic carbocycles. The summed E-state index contributed by atoms with van der Waals surface area (Å²) in [5.41, 5.74) is 7.49. The van der Waals surface area contributed by atoms with Gasteiger partial charge < -0.3 is 15.8 Å². The molecule has 0 bridgehead atoms. The number of benzene rings is 1. The second-order valence-electron chi connectivity index (χ2n) is 6.31. The number of rotatable bonds is 4. The highest BCUT2D eigenvalue weighted by Crippen LogP contribution is 2.21. The van der Waals surface area contributed by atoms with Crippen molar-refractivity contribution in [2.24, 2.45) is 5.73 Å². The molecular formula is C17H25N3O2S. The first-order valence-corrected chi connectivity index (χ1v) is 9.38. The quantitative estimate of drug-likeness (QED) is 0.876. The van der Waals surface area contributed by atoms with E-state index in [1.165, 1.54) is 17.1 Å². The Balaban J connectivity index is 1.61. The molecule has 0 saturated carbocycles. The van der Waals surface area contributed by atoms with Gasteiger partial charge in [-0.05, 0) is 30.5 Å². The Morgan fingerprint density at radius 3 is 2.78 bits per heavy atom. The maximum absolute atomic E-state index is 12.5. The van der Waals surface area contributed by atoms with E-state index in [0.29, 0.717) is 26.1 Å². The fourth-order valence-electron chi connectivity index (χ4n) is 2.98. The third kappa shape index (κ3) is 4.47. The highest BCUT2D eigenvalue weighted by atomic mass is 32.2. The number of hydrogen-bond acceptors (Lipinski definition) is 5. The van der Waals surface area contributed by atoms with E-state index >= 15 is 0 Å². The summed E-state index contributed by atoms with van der Waals surface area (Å²) in [6.07, 6.45) is 1.15. The zero-order chi connectivity index (χ0) is 16.1. The molecule has 2 aliphatic rings. The summed E-state index contributed by atoms with van der Waals surface area (Å²) in [5.74, 6) is 2.30. The number of nitrogens with one attached hydrogen (secondary N) is 1. The lowest BCUT2D eigenvalue weighted by Crippen LogP contribution is -2.54. The van der Waals surface area contributed by atoms with Crippen molar-refractivity contribution in [3.8, 4) is 0 Å². The molecule has 0 unspecified atom stereocenters. The predicted molar refractivity (Wildman–Crippen MR) is 94.6 cm³/mol. The van der Waals surface area contributed by atoms with Crippen LogP contribution in [0.5, 0.6) is 0 Å². The average molecular weight is 335 g/mol. The van der Waals surface area contributed by atoms with Gasteiger partial charge in [0, 0.05) is 50.0 Å². The maximum atomic E-state index is 12.5. The van der Waals surface area contributed by atoms with Crippen molar-refractivity contribution in [3.63, 3.8) is 0 Å². The molecule has 1 aromatic rings. The van der Waals surface area contributed by atoms with Gasteiger partial charge in [0.1, 0.15) is 5.54 Å². The Hall–Kier alpha value is -1.08. The van der Waals surface area contributed by atoms with Crippen LogP contribution in [0.3, 0.4) is 0 Å². The number of thioether (sulfide) groups is 1. The second-order valence-corrected chi connectivity index (χ2v) is 7.54. The molecule has 23 heavy (non-hydrogen) atoms. The number of ether oxygens (including phenoxy) is 1. The summed E-state index contributed by atoms with van der Waals surface area (Å²) in [7, 11) is 0. The zero-order valence-corrected chi connectivity index (χ0v) is 14.2. The van der Waals surface area contributed by atoms with Crippen LogP contribution >= 0.6 is 11.8 Å². The molecule has 126 valence electrons. The Morgan fingerprint density at radius 2 is 2.04 bits per heavy atom. The number of carbonyl (C=O) groups is 1. The van der Waals surface area contributed by atoms with Gasteiger partial charge in [-0.1, -0.05) is 12.1 Å². The van der Waals surface area contributed by atoms with Crippen molar-refractivity contribution in [2.45, 2.75) is 24.9 Å². The summed E-state index contributed by atoms with van der Waals surface area (Å²) < 4.78 is 5.30. The first-order chi connectivity index (χ1) is 11.2. The fourth-order valence-corrected chi connectivity index (χ4v) is 3.96. The smallest absolute Gasteiger partial charge is 0.244 e. The van der Waals surface area contributed by atoms with Crippen LogP contribution in [0.2, 0.25) is 0 Å². The minimum atomic E-state index is -0.807. The van der Waals surface area contributed by atoms with Gasteiger partial charge in [0.2, 0.25) is 5.91 Å². The normalized spacial score (nSPS) is 21.8. The van der Waals surface area contributed by atoms with Gasteiger partial charge in [-0.3, -0.25) is 9.69 Å². The van der Waals surface area contributed by atoms with E-state index in [1.807, 2.05) is 23.9 Å². The summed E-state index contributed by atoms with van der Waals surface area (Å²) in [5, 5.41) is 2.99. The van der Waals surface area contributed by atoms with Crippen LogP contribution in [-0.4, -0.2) is 54.2 Å². The van der Waals surface area contributed by atoms with Gasteiger partial charge in [-0.15, -0.1) is 0 Å². The summed E-state index contributed by atoms with van der Waals surface area (Å²) in [6.45, 7) is 4.31. The van der Waals surface area contributed by atoms with Gasteiger partial charge >= 0.3 is 0 Å². The molecule has 2 aliphatic heterocycles. The van der Waals surface area contributed by atoms with Gasteiger partial charge in [0.25, 0.3) is 0 Å². The van der Waals surface area contributed by atoms with Crippen LogP contribution in [0.15, 0.2) is 24.3 Å². The number of carbonyl (C=O) groups excluding carboxylic acids is 1. The molecule has 6 heteroatoms. The van der Waals surface area contributed by atoms with E-state index in [-0.39, 0.29) is 5.91 Å². The predicted octanol–water partition coefficient (Wildman–Crippen LogP) is 1.68. The standard InChI is InChI=1S/C17H25N3O2S/c18-17(4-8-22-9-5-17)16(21)19-15-3-1-2-14(12-15)13-20-6-10-23-11-7-20/h1-3,12H,4-11,13,18H2,(H,19,21). The van der Waals surface area contributed by atoms with Gasteiger partial charge in [-0.2, -0.15) is 11.8 Å². The monoisotopic (exact) mass is 335 g/mol. The van der Waals surface area contributed by atoms with Crippen molar-refractivity contribution in [3.05, 3.63) is 29.8 Å². The Labute approximate surface area is 141 Å². The van der Waals surface area contributed by atoms with Crippen molar-refractivity contribution in [1.29, 1.82) is 0 Å². The van der Waals surface area contributed by atoms with Crippen molar-refractivity contribution < 1.29 is 9.53 Å². The van der Waals surface area contributed by atoms with Crippen molar-refractivity contribution in [2.75, 3.05) is 43.1 Å². The fraction of sp³-hybridized carbons (Fsp3) is 0.588. The lowest BCUT2D eigenvalue weighted by Gasteiger charge is -2.31. The molecule has 2 heterocycles. The molecular weight excluding hydrogens is 310 g/mol. The number of anilines is 1. The molecule has 0 aliphatic carbocycles. The molecule has 0 radical (unpaired) electrons. The average Bonchev–Trinajstić information content (AvgIpc) is 2.57. The van der Waals surface area contributed by atoms with Crippen LogP contribution in [0, 0.1) is 0 Å². The number of hydrogen-bond donors (Lipinski definition) is 2. The van der Waals surface area contributed by atoms with Crippen LogP contribution in [0.1, 0.15) is 18.4 Å². The first kappa shape index (κ1) is 16.8. The number of nitrogens with two attached hydrogens (primary N) is 1. The van der Waals surface area contributed by atoms with E-state index < -0.39 is 5.54 Å². The topological polar surface area (TPSA) is 67.6 Å². The summed E-state index contributed by atoms with van der Waals surface area (Å²) in [4.78, 5) is 14.9. The van der Waals surface area contributed by atoms with E-state index in [0.717, 1.165) is 25.3 Å². The van der Waals surface area contributed by atoms with Gasteiger partial charge in [0.15, 0.2) is 0 Å².